The molecule has 1 atom stereocenters. The highest BCUT2D eigenvalue weighted by Gasteiger charge is 2.23. The van der Waals surface area contributed by atoms with Gasteiger partial charge >= 0.3 is 0 Å². The van der Waals surface area contributed by atoms with Crippen molar-refractivity contribution >= 4 is 28.7 Å². The topological polar surface area (TPSA) is 128 Å². The predicted octanol–water partition coefficient (Wildman–Crippen LogP) is 2.97. The molecule has 8 nitrogen and oxygen atoms in total. The third-order valence-electron chi connectivity index (χ3n) is 5.83. The largest absolute Gasteiger partial charge is 0.396 e. The van der Waals surface area contributed by atoms with Gasteiger partial charge in [0, 0.05) is 65.4 Å². The van der Waals surface area contributed by atoms with Crippen molar-refractivity contribution in [2.75, 3.05) is 25.1 Å². The molecule has 0 saturated carbocycles. The van der Waals surface area contributed by atoms with E-state index in [1.807, 2.05) is 16.7 Å². The number of aldehydes is 1. The van der Waals surface area contributed by atoms with Crippen LogP contribution in [0.15, 0.2) is 54.9 Å². The first-order valence-corrected chi connectivity index (χ1v) is 11.2. The second kappa shape index (κ2) is 10.6. The Hall–Kier alpha value is -3.79. The van der Waals surface area contributed by atoms with Crippen molar-refractivity contribution in [1.82, 2.24) is 9.55 Å². The molecule has 9 heteroatoms. The molecule has 0 saturated heterocycles. The number of carbonyl (C=O) groups excluding carboxylic acids is 2. The van der Waals surface area contributed by atoms with Crippen LogP contribution in [0.5, 0.6) is 0 Å². The fraction of sp³-hybridized carbons (Fsp3) is 0.231. The Balaban J connectivity index is 1.89. The lowest BCUT2D eigenvalue weighted by molar-refractivity contribution is -0.104. The summed E-state index contributed by atoms with van der Waals surface area (Å²) in [5.41, 5.74) is 3.90. The summed E-state index contributed by atoms with van der Waals surface area (Å²) in [5.74, 6) is -1.17. The average molecular weight is 480 g/mol. The summed E-state index contributed by atoms with van der Waals surface area (Å²) in [5, 5.41) is 31.6. The first-order chi connectivity index (χ1) is 17.0. The van der Waals surface area contributed by atoms with Crippen LogP contribution in [0.2, 0.25) is 0 Å². The minimum absolute atomic E-state index is 0.00868. The van der Waals surface area contributed by atoms with Crippen molar-refractivity contribution in [2.45, 2.75) is 19.1 Å². The highest BCUT2D eigenvalue weighted by Crippen LogP contribution is 2.40. The van der Waals surface area contributed by atoms with Gasteiger partial charge in [-0.2, -0.15) is 0 Å². The van der Waals surface area contributed by atoms with Crippen LogP contribution >= 0.6 is 0 Å². The summed E-state index contributed by atoms with van der Waals surface area (Å²) >= 11 is 0. The number of aliphatic hydroxyl groups is 3. The van der Waals surface area contributed by atoms with Gasteiger partial charge in [-0.1, -0.05) is 12.1 Å². The van der Waals surface area contributed by atoms with E-state index in [0.29, 0.717) is 40.7 Å². The number of carbonyl (C=O) groups is 2. The lowest BCUT2D eigenvalue weighted by atomic mass is 9.95. The quantitative estimate of drug-likeness (QED) is 0.128. The van der Waals surface area contributed by atoms with Gasteiger partial charge in [0.2, 0.25) is 5.78 Å². The summed E-state index contributed by atoms with van der Waals surface area (Å²) in [6, 6.07) is 11.6. The molecule has 1 unspecified atom stereocenters. The number of ketones is 1. The van der Waals surface area contributed by atoms with E-state index < -0.39 is 17.7 Å². The van der Waals surface area contributed by atoms with Gasteiger partial charge in [-0.25, -0.2) is 4.39 Å². The number of benzene rings is 2. The number of aryl methyl sites for hydroxylation is 1. The molecular weight excluding hydrogens is 453 g/mol. The number of anilines is 1. The molecule has 0 amide bonds. The molecular formula is C26H26FN3O5. The van der Waals surface area contributed by atoms with Crippen molar-refractivity contribution < 1.29 is 29.3 Å². The van der Waals surface area contributed by atoms with Crippen LogP contribution < -0.4 is 5.32 Å². The minimum atomic E-state index is -0.918. The molecule has 4 rings (SSSR count). The van der Waals surface area contributed by atoms with E-state index in [1.54, 1.807) is 30.6 Å². The number of halogens is 1. The van der Waals surface area contributed by atoms with Crippen LogP contribution in [0.3, 0.4) is 0 Å². The number of rotatable bonds is 11. The molecule has 2 aromatic heterocycles. The Morgan fingerprint density at radius 1 is 1.17 bits per heavy atom. The van der Waals surface area contributed by atoms with E-state index >= 15 is 0 Å². The summed E-state index contributed by atoms with van der Waals surface area (Å²) in [4.78, 5) is 26.9. The van der Waals surface area contributed by atoms with Gasteiger partial charge in [0.05, 0.1) is 18.4 Å². The van der Waals surface area contributed by atoms with Crippen LogP contribution in [0.25, 0.3) is 33.2 Å². The van der Waals surface area contributed by atoms with E-state index in [9.17, 15) is 24.2 Å². The number of hydrogen-bond acceptors (Lipinski definition) is 6. The van der Waals surface area contributed by atoms with Crippen LogP contribution in [0.4, 0.5) is 10.1 Å². The molecule has 2 heterocycles. The normalized spacial score (nSPS) is 12.1. The van der Waals surface area contributed by atoms with Gasteiger partial charge < -0.3 is 30.2 Å². The van der Waals surface area contributed by atoms with Crippen LogP contribution in [-0.4, -0.2) is 62.8 Å². The van der Waals surface area contributed by atoms with Crippen molar-refractivity contribution in [2.24, 2.45) is 0 Å². The van der Waals surface area contributed by atoms with Gasteiger partial charge in [-0.05, 0) is 42.3 Å². The summed E-state index contributed by atoms with van der Waals surface area (Å²) in [6.45, 7) is 0.252. The third-order valence-corrected chi connectivity index (χ3v) is 5.83. The van der Waals surface area contributed by atoms with Gasteiger partial charge in [0.15, 0.2) is 6.29 Å². The molecule has 0 fully saturated rings. The Morgan fingerprint density at radius 2 is 2.00 bits per heavy atom. The van der Waals surface area contributed by atoms with Crippen LogP contribution in [0, 0.1) is 5.82 Å². The smallest absolute Gasteiger partial charge is 0.242 e. The first kappa shape index (κ1) is 24.3. The zero-order valence-electron chi connectivity index (χ0n) is 18.9. The lowest BCUT2D eigenvalue weighted by Crippen LogP contribution is -2.22. The molecule has 5 N–H and O–H groups in total. The number of fused-ring (bicyclic) bond motifs is 1. The molecule has 0 aliphatic heterocycles. The van der Waals surface area contributed by atoms with Gasteiger partial charge in [0.1, 0.15) is 5.82 Å². The number of nitrogens with zero attached hydrogens (tertiary/aromatic N) is 1. The van der Waals surface area contributed by atoms with Crippen molar-refractivity contribution in [1.29, 1.82) is 0 Å². The number of aromatic amines is 1. The zero-order chi connectivity index (χ0) is 24.9. The van der Waals surface area contributed by atoms with Crippen molar-refractivity contribution in [3.8, 4) is 22.3 Å². The third kappa shape index (κ3) is 5.02. The number of Topliss-reactive ketones (excluding diaryl/α,β-unsaturated/α-hetero) is 1. The van der Waals surface area contributed by atoms with Crippen molar-refractivity contribution in [3.63, 3.8) is 0 Å². The SMILES string of the molecule is O=CC(=O)c1[nH]cc(-c2cccc(NCC(O)CO)c2)c1-c1cn(CCCO)c2ccc(F)cc12. The van der Waals surface area contributed by atoms with Gasteiger partial charge in [-0.3, -0.25) is 9.59 Å². The molecule has 0 spiro atoms. The number of aromatic nitrogens is 2. The lowest BCUT2D eigenvalue weighted by Gasteiger charge is -2.12. The zero-order valence-corrected chi connectivity index (χ0v) is 18.9. The van der Waals surface area contributed by atoms with Gasteiger partial charge in [0.25, 0.3) is 0 Å². The molecule has 0 radical (unpaired) electrons. The molecule has 35 heavy (non-hydrogen) atoms. The molecule has 4 aromatic rings. The number of H-pyrrole nitrogens is 1. The molecule has 0 aliphatic rings. The number of hydrogen-bond donors (Lipinski definition) is 5. The summed E-state index contributed by atoms with van der Waals surface area (Å²) in [7, 11) is 0. The Labute approximate surface area is 200 Å². The maximum atomic E-state index is 14.3. The van der Waals surface area contributed by atoms with Crippen LogP contribution in [-0.2, 0) is 11.3 Å². The monoisotopic (exact) mass is 479 g/mol. The Morgan fingerprint density at radius 3 is 2.74 bits per heavy atom. The fourth-order valence-electron chi connectivity index (χ4n) is 4.18. The van der Waals surface area contributed by atoms with E-state index in [0.717, 1.165) is 11.1 Å². The second-order valence-corrected chi connectivity index (χ2v) is 8.21. The van der Waals surface area contributed by atoms with E-state index in [2.05, 4.69) is 10.3 Å². The molecule has 0 bridgehead atoms. The Bertz CT molecular complexity index is 1360. The maximum absolute atomic E-state index is 14.3. The average Bonchev–Trinajstić information content (AvgIpc) is 3.46. The fourth-order valence-corrected chi connectivity index (χ4v) is 4.18. The molecule has 2 aromatic carbocycles. The van der Waals surface area contributed by atoms with Crippen molar-refractivity contribution in [3.05, 3.63) is 66.4 Å². The Kier molecular flexibility index (Phi) is 7.40. The second-order valence-electron chi connectivity index (χ2n) is 8.21. The van der Waals surface area contributed by atoms with E-state index in [-0.39, 0.29) is 31.7 Å². The van der Waals surface area contributed by atoms with E-state index in [4.69, 9.17) is 5.11 Å². The summed E-state index contributed by atoms with van der Waals surface area (Å²) < 4.78 is 16.2. The van der Waals surface area contributed by atoms with Crippen LogP contribution in [0.1, 0.15) is 16.9 Å². The molecule has 0 aliphatic carbocycles. The highest BCUT2D eigenvalue weighted by atomic mass is 19.1. The van der Waals surface area contributed by atoms with E-state index in [1.165, 1.54) is 12.1 Å². The predicted molar refractivity (Wildman–Crippen MR) is 131 cm³/mol. The first-order valence-electron chi connectivity index (χ1n) is 11.2. The molecule has 182 valence electrons. The number of aliphatic hydroxyl groups excluding tert-OH is 3. The highest BCUT2D eigenvalue weighted by molar-refractivity contribution is 6.35. The standard InChI is InChI=1S/C26H26FN3O5/c27-17-5-6-23-20(10-17)22(13-30(23)7-2-8-31)25-21(12-29-26(25)24(35)15-33)16-3-1-4-18(9-16)28-11-19(34)14-32/h1,3-6,9-10,12-13,15,19,28-29,31-32,34H,2,7-8,11,14H2. The minimum Gasteiger partial charge on any atom is -0.396 e. The number of nitrogens with one attached hydrogen (secondary N) is 2. The summed E-state index contributed by atoms with van der Waals surface area (Å²) in [6.07, 6.45) is 3.24. The van der Waals surface area contributed by atoms with Gasteiger partial charge in [-0.15, -0.1) is 0 Å². The maximum Gasteiger partial charge on any atom is 0.242 e.